The number of carbonyl (C=O) groups excluding carboxylic acids is 1. The maximum atomic E-state index is 14.3. The number of carbonyl (C=O) groups is 1. The van der Waals surface area contributed by atoms with E-state index in [2.05, 4.69) is 27.1 Å². The lowest BCUT2D eigenvalue weighted by Crippen LogP contribution is -2.43. The summed E-state index contributed by atoms with van der Waals surface area (Å²) >= 11 is 7.15. The van der Waals surface area contributed by atoms with Crippen molar-refractivity contribution in [3.8, 4) is 0 Å². The lowest BCUT2D eigenvalue weighted by Gasteiger charge is -2.37. The molecule has 3 heterocycles. The van der Waals surface area contributed by atoms with Crippen molar-refractivity contribution in [1.82, 2.24) is 20.2 Å². The van der Waals surface area contributed by atoms with Crippen molar-refractivity contribution >= 4 is 41.5 Å². The molecule has 4 rings (SSSR count). The molecule has 0 radical (unpaired) electrons. The number of thiazole rings is 1. The fourth-order valence-electron chi connectivity index (χ4n) is 4.58. The number of nitrogens with zero attached hydrogens (tertiary/aromatic N) is 5. The van der Waals surface area contributed by atoms with E-state index in [1.54, 1.807) is 17.4 Å². The van der Waals surface area contributed by atoms with Crippen molar-refractivity contribution in [1.29, 1.82) is 0 Å². The lowest BCUT2D eigenvalue weighted by atomic mass is 9.96. The smallest absolute Gasteiger partial charge is 0.281 e. The number of hydrogen-bond acceptors (Lipinski definition) is 8. The highest BCUT2D eigenvalue weighted by atomic mass is 35.5. The Balaban J connectivity index is 1.42. The number of benzene rings is 1. The van der Waals surface area contributed by atoms with Gasteiger partial charge in [-0.25, -0.2) is 28.2 Å². The number of rotatable bonds is 9. The molecule has 13 heteroatoms. The first kappa shape index (κ1) is 28.8. The monoisotopic (exact) mass is 580 g/mol. The van der Waals surface area contributed by atoms with Gasteiger partial charge in [0.15, 0.2) is 0 Å². The van der Waals surface area contributed by atoms with Crippen LogP contribution in [0.3, 0.4) is 0 Å². The highest BCUT2D eigenvalue weighted by Gasteiger charge is 2.32. The first-order chi connectivity index (χ1) is 18.8. The molecule has 8 nitrogen and oxygen atoms in total. The maximum absolute atomic E-state index is 14.3. The third-order valence-electron chi connectivity index (χ3n) is 6.62. The summed E-state index contributed by atoms with van der Waals surface area (Å²) < 4.78 is 47.7. The zero-order chi connectivity index (χ0) is 27.9. The first-order valence-corrected chi connectivity index (χ1v) is 13.6. The number of aliphatic imine (C=N–C) groups is 1. The molecular formula is C26H28ClF3N6O2S. The van der Waals surface area contributed by atoms with Crippen molar-refractivity contribution in [3.05, 3.63) is 74.9 Å². The highest BCUT2D eigenvalue weighted by Crippen LogP contribution is 2.35. The molecule has 1 saturated heterocycles. The van der Waals surface area contributed by atoms with Gasteiger partial charge in [-0.2, -0.15) is 5.10 Å². The van der Waals surface area contributed by atoms with Crippen molar-refractivity contribution in [2.45, 2.75) is 32.2 Å². The molecule has 1 amide bonds. The van der Waals surface area contributed by atoms with E-state index in [0.717, 1.165) is 30.2 Å². The number of hydrogen-bond donors (Lipinski definition) is 1. The Morgan fingerprint density at radius 1 is 1.38 bits per heavy atom. The van der Waals surface area contributed by atoms with E-state index in [1.807, 2.05) is 17.9 Å². The summed E-state index contributed by atoms with van der Waals surface area (Å²) in [4.78, 5) is 23.4. The summed E-state index contributed by atoms with van der Waals surface area (Å²) in [5.41, 5.74) is 1.48. The van der Waals surface area contributed by atoms with Gasteiger partial charge in [-0.3, -0.25) is 9.69 Å². The second-order valence-corrected chi connectivity index (χ2v) is 10.2. The standard InChI is InChI=1S/C26H28ClF3N6O2S/c1-3-19-26(32-9-12-36(19)31-2)38-14-16-7-10-35(11-8-16)20(23-22(24(29)30)34-15-39-23)13-33-25(37)21-17(27)5-4-6-18(21)28/h3-6,9,12,15-16,20,24H,2,7-8,10-11,13-14H2,1H3,(H,33,37)/b19-3-. The number of hydrazone groups is 1. The molecule has 1 unspecified atom stereocenters. The Labute approximate surface area is 233 Å². The Hall–Kier alpha value is -3.22. The summed E-state index contributed by atoms with van der Waals surface area (Å²) in [6.07, 6.45) is 3.83. The van der Waals surface area contributed by atoms with E-state index in [0.29, 0.717) is 36.2 Å². The van der Waals surface area contributed by atoms with Gasteiger partial charge < -0.3 is 10.1 Å². The van der Waals surface area contributed by atoms with E-state index < -0.39 is 24.2 Å². The predicted molar refractivity (Wildman–Crippen MR) is 146 cm³/mol. The van der Waals surface area contributed by atoms with Crippen LogP contribution in [0.4, 0.5) is 13.2 Å². The first-order valence-electron chi connectivity index (χ1n) is 12.3. The number of amides is 1. The molecule has 39 heavy (non-hydrogen) atoms. The zero-order valence-corrected chi connectivity index (χ0v) is 22.8. The Bertz CT molecular complexity index is 1260. The maximum Gasteiger partial charge on any atom is 0.281 e. The molecule has 1 aromatic heterocycles. The topological polar surface area (TPSA) is 82.4 Å². The summed E-state index contributed by atoms with van der Waals surface area (Å²) in [7, 11) is 0. The Morgan fingerprint density at radius 2 is 2.15 bits per heavy atom. The summed E-state index contributed by atoms with van der Waals surface area (Å²) in [6.45, 7) is 6.99. The van der Waals surface area contributed by atoms with Crippen LogP contribution in [0.25, 0.3) is 0 Å². The van der Waals surface area contributed by atoms with E-state index in [4.69, 9.17) is 16.3 Å². The average Bonchev–Trinajstić information content (AvgIpc) is 3.42. The molecule has 208 valence electrons. The van der Waals surface area contributed by atoms with Gasteiger partial charge in [0.05, 0.1) is 33.6 Å². The highest BCUT2D eigenvalue weighted by molar-refractivity contribution is 7.09. The lowest BCUT2D eigenvalue weighted by molar-refractivity contribution is 0.0861. The average molecular weight is 581 g/mol. The molecule has 1 N–H and O–H groups in total. The summed E-state index contributed by atoms with van der Waals surface area (Å²) in [5, 5.41) is 8.16. The molecule has 1 atom stereocenters. The number of ether oxygens (including phenoxy) is 1. The van der Waals surface area contributed by atoms with Crippen molar-refractivity contribution < 1.29 is 22.7 Å². The van der Waals surface area contributed by atoms with E-state index in [1.165, 1.54) is 17.6 Å². The zero-order valence-electron chi connectivity index (χ0n) is 21.2. The van der Waals surface area contributed by atoms with Crippen molar-refractivity contribution in [2.75, 3.05) is 26.2 Å². The number of aromatic nitrogens is 1. The van der Waals surface area contributed by atoms with Gasteiger partial charge in [0.25, 0.3) is 12.3 Å². The normalized spacial score (nSPS) is 18.4. The third-order valence-corrected chi connectivity index (χ3v) is 7.88. The largest absolute Gasteiger partial charge is 0.476 e. The van der Waals surface area contributed by atoms with Crippen LogP contribution < -0.4 is 5.32 Å². The minimum atomic E-state index is -2.76. The molecule has 0 bridgehead atoms. The van der Waals surface area contributed by atoms with Crippen molar-refractivity contribution in [3.63, 3.8) is 0 Å². The second kappa shape index (κ2) is 13.2. The van der Waals surface area contributed by atoms with E-state index in [-0.39, 0.29) is 28.7 Å². The van der Waals surface area contributed by atoms with Crippen LogP contribution in [0, 0.1) is 11.7 Å². The molecule has 2 aliphatic heterocycles. The Morgan fingerprint density at radius 3 is 2.82 bits per heavy atom. The number of piperidine rings is 1. The van der Waals surface area contributed by atoms with Crippen LogP contribution in [0.5, 0.6) is 0 Å². The van der Waals surface area contributed by atoms with Gasteiger partial charge in [-0.05, 0) is 50.9 Å². The summed E-state index contributed by atoms with van der Waals surface area (Å²) in [5.74, 6) is -0.802. The van der Waals surface area contributed by atoms with Gasteiger partial charge in [-0.1, -0.05) is 23.7 Å². The van der Waals surface area contributed by atoms with Crippen LogP contribution >= 0.6 is 22.9 Å². The molecule has 0 aliphatic carbocycles. The molecule has 2 aliphatic rings. The van der Waals surface area contributed by atoms with Gasteiger partial charge in [0, 0.05) is 25.7 Å². The SMILES string of the molecule is C=NN1C=CN=C(OCC2CCN(C(CNC(=O)c3c(F)cccc3Cl)c3scnc3C(F)F)CC2)/C1=C/C. The van der Waals surface area contributed by atoms with Gasteiger partial charge >= 0.3 is 0 Å². The molecule has 0 saturated carbocycles. The molecular weight excluding hydrogens is 553 g/mol. The van der Waals surface area contributed by atoms with E-state index >= 15 is 0 Å². The van der Waals surface area contributed by atoms with Crippen molar-refractivity contribution in [2.24, 2.45) is 16.0 Å². The molecule has 1 aromatic carbocycles. The number of halogens is 4. The van der Waals surface area contributed by atoms with Gasteiger partial charge in [0.2, 0.25) is 5.90 Å². The number of allylic oxidation sites excluding steroid dienone is 1. The molecule has 0 spiro atoms. The fourth-order valence-corrected chi connectivity index (χ4v) is 5.76. The third kappa shape index (κ3) is 6.68. The van der Waals surface area contributed by atoms with Crippen LogP contribution in [0.15, 0.2) is 58.0 Å². The minimum Gasteiger partial charge on any atom is -0.476 e. The second-order valence-electron chi connectivity index (χ2n) is 8.91. The van der Waals surface area contributed by atoms with Gasteiger partial charge in [-0.15, -0.1) is 11.3 Å². The van der Waals surface area contributed by atoms with Crippen LogP contribution in [0.1, 0.15) is 53.2 Å². The summed E-state index contributed by atoms with van der Waals surface area (Å²) in [6, 6.07) is 3.40. The van der Waals surface area contributed by atoms with Crippen LogP contribution in [-0.4, -0.2) is 59.7 Å². The number of nitrogens with one attached hydrogen (secondary N) is 1. The van der Waals surface area contributed by atoms with Gasteiger partial charge in [0.1, 0.15) is 17.2 Å². The quantitative estimate of drug-likeness (QED) is 0.380. The minimum absolute atomic E-state index is 0.00917. The van der Waals surface area contributed by atoms with Crippen LogP contribution in [0.2, 0.25) is 5.02 Å². The molecule has 2 aromatic rings. The fraction of sp³-hybridized carbons (Fsp3) is 0.385. The molecule has 1 fully saturated rings. The Kier molecular flexibility index (Phi) is 9.76. The van der Waals surface area contributed by atoms with E-state index in [9.17, 15) is 18.0 Å². The number of likely N-dealkylation sites (tertiary alicyclic amines) is 1. The predicted octanol–water partition coefficient (Wildman–Crippen LogP) is 5.78. The number of alkyl halides is 2. The van der Waals surface area contributed by atoms with Crippen LogP contribution in [-0.2, 0) is 4.74 Å².